The Labute approximate surface area is 191 Å². The minimum atomic E-state index is -0.102. The molecule has 1 aromatic heterocycles. The van der Waals surface area contributed by atoms with Crippen LogP contribution in [0.4, 0.5) is 0 Å². The van der Waals surface area contributed by atoms with E-state index in [-0.39, 0.29) is 12.1 Å². The Morgan fingerprint density at radius 1 is 1.19 bits per heavy atom. The number of halogens is 1. The first kappa shape index (κ1) is 22.4. The Bertz CT molecular complexity index is 903. The zero-order valence-electron chi connectivity index (χ0n) is 19.1. The molecule has 4 rings (SSSR count). The second-order valence-electron chi connectivity index (χ2n) is 9.88. The first-order valence-corrected chi connectivity index (χ1v) is 12.4. The lowest BCUT2D eigenvalue weighted by atomic mass is 9.75. The number of esters is 1. The Balaban J connectivity index is 1.56. The molecule has 1 aliphatic carbocycles. The summed E-state index contributed by atoms with van der Waals surface area (Å²) in [6, 6.07) is 8.00. The molecule has 1 fully saturated rings. The molecule has 1 saturated carbocycles. The molecule has 3 atom stereocenters. The fourth-order valence-electron chi connectivity index (χ4n) is 5.43. The fraction of sp³-hybridized carbons (Fsp3) is 0.615. The Morgan fingerprint density at radius 3 is 2.71 bits per heavy atom. The number of hydrogen-bond donors (Lipinski definition) is 0. The average molecular weight is 444 g/mol. The molecule has 5 heteroatoms. The van der Waals surface area contributed by atoms with Gasteiger partial charge in [0.05, 0.1) is 6.54 Å². The Hall–Kier alpha value is -1.81. The number of fused-ring (bicyclic) bond motifs is 1. The molecule has 0 N–H and O–H groups in total. The smallest absolute Gasteiger partial charge is 0.348 e. The number of ether oxygens (including phenoxy) is 1. The van der Waals surface area contributed by atoms with Crippen molar-refractivity contribution < 1.29 is 14.1 Å². The van der Waals surface area contributed by atoms with Crippen LogP contribution in [-0.2, 0) is 29.0 Å². The maximum atomic E-state index is 13.0. The van der Waals surface area contributed by atoms with Gasteiger partial charge >= 0.3 is 5.97 Å². The van der Waals surface area contributed by atoms with Crippen LogP contribution >= 0.6 is 11.6 Å². The molecule has 0 amide bonds. The summed E-state index contributed by atoms with van der Waals surface area (Å²) in [6.45, 7) is 8.06. The van der Waals surface area contributed by atoms with Crippen LogP contribution in [0, 0.1) is 17.8 Å². The summed E-state index contributed by atoms with van der Waals surface area (Å²) < 4.78 is 10.6. The molecule has 0 spiro atoms. The minimum Gasteiger partial charge on any atom is -0.459 e. The summed E-state index contributed by atoms with van der Waals surface area (Å²) in [4.78, 5) is 13.0. The van der Waals surface area contributed by atoms with Crippen LogP contribution < -0.4 is 4.57 Å². The summed E-state index contributed by atoms with van der Waals surface area (Å²) in [5.74, 6) is 2.77. The van der Waals surface area contributed by atoms with Gasteiger partial charge < -0.3 is 4.74 Å². The van der Waals surface area contributed by atoms with E-state index in [1.807, 2.05) is 12.1 Å². The van der Waals surface area contributed by atoms with Crippen molar-refractivity contribution in [2.75, 3.05) is 0 Å². The molecule has 4 nitrogen and oxygen atoms in total. The van der Waals surface area contributed by atoms with Gasteiger partial charge in [-0.1, -0.05) is 38.8 Å². The van der Waals surface area contributed by atoms with E-state index < -0.39 is 0 Å². The van der Waals surface area contributed by atoms with Gasteiger partial charge in [-0.15, -0.1) is 0 Å². The molecule has 0 saturated heterocycles. The van der Waals surface area contributed by atoms with Gasteiger partial charge in [0, 0.05) is 17.0 Å². The molecule has 2 heterocycles. The summed E-state index contributed by atoms with van der Waals surface area (Å²) in [6.07, 6.45) is 10.1. The number of carbonyl (C=O) groups excluding carboxylic acids is 1. The van der Waals surface area contributed by atoms with Crippen molar-refractivity contribution >= 4 is 17.6 Å². The van der Waals surface area contributed by atoms with E-state index in [1.165, 1.54) is 25.1 Å². The van der Waals surface area contributed by atoms with E-state index >= 15 is 0 Å². The van der Waals surface area contributed by atoms with Crippen LogP contribution in [0.3, 0.4) is 0 Å². The van der Waals surface area contributed by atoms with Crippen LogP contribution in [0.2, 0.25) is 5.02 Å². The largest absolute Gasteiger partial charge is 0.459 e. The Morgan fingerprint density at radius 2 is 1.97 bits per heavy atom. The van der Waals surface area contributed by atoms with E-state index in [2.05, 4.69) is 48.2 Å². The lowest BCUT2D eigenvalue weighted by Gasteiger charge is -2.36. The van der Waals surface area contributed by atoms with E-state index in [1.54, 1.807) is 0 Å². The first-order valence-electron chi connectivity index (χ1n) is 12.0. The second-order valence-corrected chi connectivity index (χ2v) is 10.3. The van der Waals surface area contributed by atoms with Crippen molar-refractivity contribution in [3.8, 4) is 11.3 Å². The molecule has 31 heavy (non-hydrogen) atoms. The summed E-state index contributed by atoms with van der Waals surface area (Å²) >= 11 is 6.11. The highest BCUT2D eigenvalue weighted by atomic mass is 35.5. The third-order valence-electron chi connectivity index (χ3n) is 7.18. The third kappa shape index (κ3) is 5.16. The standard InChI is InChI=1S/C26H36ClN2O2/c1-18(2)22-13-8-19(3)15-24(22)31-26(30)17-28-16-23(20-9-11-21(27)12-10-20)29-14-6-4-5-7-25(28)29/h9-12,16,18-19,22,24H,4-8,13-15,17H2,1-3H3/q+1/t19-,22-,24+/m0/s1. The number of benzene rings is 1. The number of nitrogens with zero attached hydrogens (tertiary/aromatic N) is 2. The van der Waals surface area contributed by atoms with Gasteiger partial charge in [0.15, 0.2) is 12.2 Å². The van der Waals surface area contributed by atoms with Crippen molar-refractivity contribution in [1.29, 1.82) is 0 Å². The van der Waals surface area contributed by atoms with Crippen LogP contribution in [-0.4, -0.2) is 16.6 Å². The lowest BCUT2D eigenvalue weighted by molar-refractivity contribution is -0.692. The predicted molar refractivity (Wildman–Crippen MR) is 124 cm³/mol. The third-order valence-corrected chi connectivity index (χ3v) is 7.43. The van der Waals surface area contributed by atoms with E-state index in [9.17, 15) is 4.79 Å². The van der Waals surface area contributed by atoms with Crippen molar-refractivity contribution in [2.24, 2.45) is 17.8 Å². The molecule has 0 bridgehead atoms. The molecule has 0 unspecified atom stereocenters. The number of hydrogen-bond acceptors (Lipinski definition) is 2. The van der Waals surface area contributed by atoms with Crippen molar-refractivity contribution in [1.82, 2.24) is 4.57 Å². The second kappa shape index (κ2) is 9.77. The summed E-state index contributed by atoms with van der Waals surface area (Å²) in [5.41, 5.74) is 2.30. The molecule has 0 radical (unpaired) electrons. The predicted octanol–water partition coefficient (Wildman–Crippen LogP) is 5.83. The molecule has 1 aromatic carbocycles. The van der Waals surface area contributed by atoms with Crippen molar-refractivity contribution in [3.63, 3.8) is 0 Å². The van der Waals surface area contributed by atoms with Gasteiger partial charge in [-0.05, 0) is 74.1 Å². The summed E-state index contributed by atoms with van der Waals surface area (Å²) in [7, 11) is 0. The number of aromatic nitrogens is 2. The SMILES string of the molecule is CC(C)[C@@H]1CC[C@H](C)C[C@H]1OC(=O)C[n+]1cc(-c2ccc(Cl)cc2)n2c1CCCCC2. The van der Waals surface area contributed by atoms with Gasteiger partial charge in [0.25, 0.3) is 5.82 Å². The molecular formula is C26H36ClN2O2+. The number of carbonyl (C=O) groups is 1. The van der Waals surface area contributed by atoms with Crippen LogP contribution in [0.15, 0.2) is 30.5 Å². The number of rotatable bonds is 5. The average Bonchev–Trinajstić information content (AvgIpc) is 2.89. The maximum Gasteiger partial charge on any atom is 0.348 e. The quantitative estimate of drug-likeness (QED) is 0.430. The zero-order chi connectivity index (χ0) is 22.0. The number of imidazole rings is 1. The van der Waals surface area contributed by atoms with Crippen LogP contribution in [0.1, 0.15) is 65.1 Å². The molecular weight excluding hydrogens is 408 g/mol. The molecule has 1 aliphatic heterocycles. The van der Waals surface area contributed by atoms with Crippen LogP contribution in [0.5, 0.6) is 0 Å². The van der Waals surface area contributed by atoms with Gasteiger partial charge in [0.2, 0.25) is 0 Å². The molecule has 168 valence electrons. The van der Waals surface area contributed by atoms with Gasteiger partial charge in [-0.3, -0.25) is 0 Å². The monoisotopic (exact) mass is 443 g/mol. The maximum absolute atomic E-state index is 13.0. The molecule has 2 aliphatic rings. The fourth-order valence-corrected chi connectivity index (χ4v) is 5.55. The minimum absolute atomic E-state index is 0.0498. The Kier molecular flexibility index (Phi) is 7.05. The highest BCUT2D eigenvalue weighted by molar-refractivity contribution is 6.30. The van der Waals surface area contributed by atoms with E-state index in [4.69, 9.17) is 16.3 Å². The topological polar surface area (TPSA) is 35.1 Å². The first-order chi connectivity index (χ1) is 14.9. The lowest BCUT2D eigenvalue weighted by Crippen LogP contribution is -2.44. The highest BCUT2D eigenvalue weighted by Gasteiger charge is 2.34. The van der Waals surface area contributed by atoms with Gasteiger partial charge in [-0.2, -0.15) is 0 Å². The summed E-state index contributed by atoms with van der Waals surface area (Å²) in [5, 5.41) is 0.740. The van der Waals surface area contributed by atoms with E-state index in [0.29, 0.717) is 24.3 Å². The van der Waals surface area contributed by atoms with Gasteiger partial charge in [0.1, 0.15) is 12.3 Å². The normalized spacial score (nSPS) is 24.0. The van der Waals surface area contributed by atoms with Gasteiger partial charge in [-0.25, -0.2) is 13.9 Å². The van der Waals surface area contributed by atoms with Crippen molar-refractivity contribution in [3.05, 3.63) is 41.3 Å². The molecule has 2 aromatic rings. The van der Waals surface area contributed by atoms with Crippen LogP contribution in [0.25, 0.3) is 11.3 Å². The van der Waals surface area contributed by atoms with Crippen molar-refractivity contribution in [2.45, 2.75) is 84.9 Å². The van der Waals surface area contributed by atoms with E-state index in [0.717, 1.165) is 48.5 Å². The zero-order valence-corrected chi connectivity index (χ0v) is 19.9. The highest BCUT2D eigenvalue weighted by Crippen LogP contribution is 2.35.